The van der Waals surface area contributed by atoms with E-state index in [4.69, 9.17) is 29.0 Å². The summed E-state index contributed by atoms with van der Waals surface area (Å²) in [5, 5.41) is 0. The van der Waals surface area contributed by atoms with E-state index in [0.29, 0.717) is 37.6 Å². The van der Waals surface area contributed by atoms with Crippen LogP contribution in [0.15, 0.2) is 48.5 Å². The van der Waals surface area contributed by atoms with Crippen LogP contribution in [-0.4, -0.2) is 25.2 Å². The van der Waals surface area contributed by atoms with Crippen LogP contribution >= 0.6 is 0 Å². The standard InChI is InChI=1S/C23H26O8/c1-4-7-16-21(28-30-22(24)17-12-8-10-14-19(17)26-5-2)29-31-23(25)18-13-9-11-15-20(18)27-6-3/h8-15H,1,4-7,16H2,2-3H3. The number of unbranched alkanes of at least 4 members (excludes halogenated alkanes) is 1. The van der Waals surface area contributed by atoms with Gasteiger partial charge in [-0.05, 0) is 44.5 Å². The van der Waals surface area contributed by atoms with Crippen molar-refractivity contribution in [3.05, 3.63) is 72.9 Å². The molecule has 0 saturated carbocycles. The SMILES string of the molecule is [CH2]CCC[C](OOC(=O)c1ccccc1OCC)OOC(=O)c1ccccc1OCC. The lowest BCUT2D eigenvalue weighted by molar-refractivity contribution is -0.363. The Balaban J connectivity index is 1.98. The molecule has 8 heteroatoms. The molecule has 0 heterocycles. The van der Waals surface area contributed by atoms with Crippen LogP contribution in [0, 0.1) is 13.2 Å². The first-order valence-electron chi connectivity index (χ1n) is 9.97. The van der Waals surface area contributed by atoms with E-state index in [1.54, 1.807) is 50.2 Å². The Morgan fingerprint density at radius 3 is 1.61 bits per heavy atom. The van der Waals surface area contributed by atoms with Gasteiger partial charge < -0.3 is 9.47 Å². The zero-order valence-electron chi connectivity index (χ0n) is 17.6. The highest BCUT2D eigenvalue weighted by Gasteiger charge is 2.23. The maximum atomic E-state index is 12.4. The molecular weight excluding hydrogens is 404 g/mol. The van der Waals surface area contributed by atoms with Crippen molar-refractivity contribution in [3.8, 4) is 11.5 Å². The van der Waals surface area contributed by atoms with E-state index in [2.05, 4.69) is 6.92 Å². The summed E-state index contributed by atoms with van der Waals surface area (Å²) in [6.45, 7) is 8.10. The molecule has 0 atom stereocenters. The summed E-state index contributed by atoms with van der Waals surface area (Å²) in [6, 6.07) is 13.2. The molecule has 166 valence electrons. The van der Waals surface area contributed by atoms with Crippen LogP contribution in [0.2, 0.25) is 0 Å². The number of ether oxygens (including phenoxy) is 2. The van der Waals surface area contributed by atoms with Gasteiger partial charge in [-0.25, -0.2) is 9.59 Å². The minimum atomic E-state index is -0.784. The molecule has 0 spiro atoms. The highest BCUT2D eigenvalue weighted by molar-refractivity contribution is 5.92. The minimum Gasteiger partial charge on any atom is -0.493 e. The van der Waals surface area contributed by atoms with Crippen molar-refractivity contribution in [3.63, 3.8) is 0 Å². The van der Waals surface area contributed by atoms with Gasteiger partial charge in [0.2, 0.25) is 0 Å². The monoisotopic (exact) mass is 430 g/mol. The topological polar surface area (TPSA) is 89.5 Å². The molecule has 8 nitrogen and oxygen atoms in total. The Labute approximate surface area is 181 Å². The fourth-order valence-electron chi connectivity index (χ4n) is 2.46. The summed E-state index contributed by atoms with van der Waals surface area (Å²) in [7, 11) is 0. The van der Waals surface area contributed by atoms with Crippen LogP contribution in [0.4, 0.5) is 0 Å². The van der Waals surface area contributed by atoms with E-state index in [1.807, 2.05) is 0 Å². The molecule has 2 aromatic rings. The fourth-order valence-corrected chi connectivity index (χ4v) is 2.46. The van der Waals surface area contributed by atoms with Crippen LogP contribution in [0.25, 0.3) is 0 Å². The summed E-state index contributed by atoms with van der Waals surface area (Å²) in [5.41, 5.74) is 0.368. The third-order valence-electron chi connectivity index (χ3n) is 3.87. The molecule has 2 aromatic carbocycles. The van der Waals surface area contributed by atoms with Crippen LogP contribution < -0.4 is 9.47 Å². The molecule has 0 aromatic heterocycles. The molecule has 0 aliphatic carbocycles. The smallest absolute Gasteiger partial charge is 0.376 e. The second-order valence-corrected chi connectivity index (χ2v) is 6.10. The summed E-state index contributed by atoms with van der Waals surface area (Å²) < 4.78 is 10.8. The first-order chi connectivity index (χ1) is 15.1. The first-order valence-corrected chi connectivity index (χ1v) is 9.97. The van der Waals surface area contributed by atoms with E-state index in [0.717, 1.165) is 0 Å². The van der Waals surface area contributed by atoms with Crippen LogP contribution in [0.1, 0.15) is 53.8 Å². The Morgan fingerprint density at radius 1 is 0.742 bits per heavy atom. The largest absolute Gasteiger partial charge is 0.493 e. The van der Waals surface area contributed by atoms with Crippen LogP contribution in [0.5, 0.6) is 11.5 Å². The van der Waals surface area contributed by atoms with Gasteiger partial charge in [0.1, 0.15) is 22.6 Å². The average molecular weight is 430 g/mol. The van der Waals surface area contributed by atoms with Gasteiger partial charge in [-0.3, -0.25) is 9.78 Å². The maximum absolute atomic E-state index is 12.4. The summed E-state index contributed by atoms with van der Waals surface area (Å²) >= 11 is 0. The quantitative estimate of drug-likeness (QED) is 0.329. The molecule has 0 fully saturated rings. The van der Waals surface area contributed by atoms with Crippen molar-refractivity contribution in [1.82, 2.24) is 0 Å². The van der Waals surface area contributed by atoms with E-state index < -0.39 is 11.9 Å². The number of hydrogen-bond donors (Lipinski definition) is 0. The molecule has 0 saturated heterocycles. The molecule has 0 unspecified atom stereocenters. The molecule has 31 heavy (non-hydrogen) atoms. The van der Waals surface area contributed by atoms with E-state index in [-0.39, 0.29) is 23.8 Å². The van der Waals surface area contributed by atoms with Gasteiger partial charge in [0.15, 0.2) is 0 Å². The van der Waals surface area contributed by atoms with Crippen molar-refractivity contribution < 1.29 is 38.6 Å². The molecule has 0 aliphatic rings. The Hall–Kier alpha value is -3.10. The third-order valence-corrected chi connectivity index (χ3v) is 3.87. The van der Waals surface area contributed by atoms with Crippen LogP contribution in [-0.2, 0) is 19.6 Å². The second kappa shape index (κ2) is 13.3. The predicted octanol–water partition coefficient (Wildman–Crippen LogP) is 4.85. The Morgan fingerprint density at radius 2 is 1.19 bits per heavy atom. The molecule has 0 aliphatic heterocycles. The van der Waals surface area contributed by atoms with Gasteiger partial charge in [-0.2, -0.15) is 0 Å². The summed E-state index contributed by atoms with van der Waals surface area (Å²) in [5.74, 6) is -0.851. The summed E-state index contributed by atoms with van der Waals surface area (Å²) in [4.78, 5) is 44.5. The number of rotatable bonds is 13. The van der Waals surface area contributed by atoms with E-state index in [1.165, 1.54) is 12.1 Å². The van der Waals surface area contributed by atoms with Gasteiger partial charge in [-0.15, -0.1) is 9.78 Å². The lowest BCUT2D eigenvalue weighted by Gasteiger charge is -2.14. The minimum absolute atomic E-state index is 0.184. The van der Waals surface area contributed by atoms with E-state index in [9.17, 15) is 9.59 Å². The average Bonchev–Trinajstić information content (AvgIpc) is 2.79. The van der Waals surface area contributed by atoms with Gasteiger partial charge in [0.05, 0.1) is 13.2 Å². The Kier molecular flexibility index (Phi) is 10.3. The first kappa shape index (κ1) is 24.2. The number of benzene rings is 2. The fraction of sp³-hybridized carbons (Fsp3) is 0.304. The molecule has 0 N–H and O–H groups in total. The second-order valence-electron chi connectivity index (χ2n) is 6.10. The van der Waals surface area contributed by atoms with Gasteiger partial charge in [0, 0.05) is 6.42 Å². The van der Waals surface area contributed by atoms with Gasteiger partial charge >= 0.3 is 18.2 Å². The molecular formula is C23H26O8. The van der Waals surface area contributed by atoms with Crippen LogP contribution in [0.3, 0.4) is 0 Å². The number of para-hydroxylation sites is 2. The summed E-state index contributed by atoms with van der Waals surface area (Å²) in [6.07, 6.45) is 1.12. The number of carbonyl (C=O) groups excluding carboxylic acids is 2. The highest BCUT2D eigenvalue weighted by atomic mass is 17.3. The van der Waals surface area contributed by atoms with Crippen molar-refractivity contribution >= 4 is 11.9 Å². The van der Waals surface area contributed by atoms with Crippen molar-refractivity contribution in [2.75, 3.05) is 13.2 Å². The highest BCUT2D eigenvalue weighted by Crippen LogP contribution is 2.23. The lowest BCUT2D eigenvalue weighted by atomic mass is 10.2. The van der Waals surface area contributed by atoms with Crippen molar-refractivity contribution in [2.45, 2.75) is 33.1 Å². The maximum Gasteiger partial charge on any atom is 0.376 e. The zero-order chi connectivity index (χ0) is 22.5. The number of carbonyl (C=O) groups is 2. The predicted molar refractivity (Wildman–Crippen MR) is 111 cm³/mol. The zero-order valence-corrected chi connectivity index (χ0v) is 17.6. The Bertz CT molecular complexity index is 770. The number of hydrogen-bond acceptors (Lipinski definition) is 8. The van der Waals surface area contributed by atoms with Gasteiger partial charge in [0.25, 0.3) is 0 Å². The van der Waals surface area contributed by atoms with Gasteiger partial charge in [-0.1, -0.05) is 37.6 Å². The molecule has 0 amide bonds. The normalized spacial score (nSPS) is 10.6. The lowest BCUT2D eigenvalue weighted by Crippen LogP contribution is -2.17. The van der Waals surface area contributed by atoms with Crippen molar-refractivity contribution in [2.24, 2.45) is 0 Å². The molecule has 2 rings (SSSR count). The molecule has 0 bridgehead atoms. The van der Waals surface area contributed by atoms with E-state index >= 15 is 0 Å². The third kappa shape index (κ3) is 7.58. The molecule has 2 radical (unpaired) electrons. The van der Waals surface area contributed by atoms with Crippen molar-refractivity contribution in [1.29, 1.82) is 0 Å².